The summed E-state index contributed by atoms with van der Waals surface area (Å²) in [6, 6.07) is 19.3. The Morgan fingerprint density at radius 3 is 2.63 bits per heavy atom. The zero-order valence-corrected chi connectivity index (χ0v) is 17.6. The van der Waals surface area contributed by atoms with E-state index >= 15 is 0 Å². The molecule has 0 spiro atoms. The Kier molecular flexibility index (Phi) is 5.63. The lowest BCUT2D eigenvalue weighted by atomic mass is 10.0. The van der Waals surface area contributed by atoms with Crippen molar-refractivity contribution in [3.8, 4) is 16.9 Å². The number of thiophene rings is 1. The molecule has 5 heteroatoms. The van der Waals surface area contributed by atoms with E-state index in [4.69, 9.17) is 4.74 Å². The van der Waals surface area contributed by atoms with Crippen molar-refractivity contribution in [2.75, 3.05) is 6.61 Å². The predicted molar refractivity (Wildman–Crippen MR) is 123 cm³/mol. The average Bonchev–Trinajstić information content (AvgIpc) is 3.18. The standard InChI is InChI=1S/C25H21NO3S/c1-3-29-25(28)23-21(18-10-8-16(2)9-11-18)15-30-24(23)26-14-20-19-7-5-4-6-17(19)12-13-22(20)27/h4-15,27H,3H2,1-2H3/b26-14+. The van der Waals surface area contributed by atoms with Crippen LogP contribution in [0.2, 0.25) is 0 Å². The van der Waals surface area contributed by atoms with Crippen molar-refractivity contribution in [3.63, 3.8) is 0 Å². The Bertz CT molecular complexity index is 1240. The van der Waals surface area contributed by atoms with Gasteiger partial charge in [0.1, 0.15) is 16.3 Å². The fraction of sp³-hybridized carbons (Fsp3) is 0.120. The van der Waals surface area contributed by atoms with Gasteiger partial charge in [0.05, 0.1) is 6.61 Å². The first-order valence-electron chi connectivity index (χ1n) is 9.69. The van der Waals surface area contributed by atoms with Gasteiger partial charge in [0, 0.05) is 22.7 Å². The van der Waals surface area contributed by atoms with Gasteiger partial charge in [-0.3, -0.25) is 0 Å². The molecule has 0 radical (unpaired) electrons. The highest BCUT2D eigenvalue weighted by atomic mass is 32.1. The van der Waals surface area contributed by atoms with Gasteiger partial charge >= 0.3 is 5.97 Å². The Morgan fingerprint density at radius 2 is 1.87 bits per heavy atom. The van der Waals surface area contributed by atoms with E-state index < -0.39 is 5.97 Å². The number of ether oxygens (including phenoxy) is 1. The van der Waals surface area contributed by atoms with E-state index in [0.717, 1.165) is 27.5 Å². The first-order valence-corrected chi connectivity index (χ1v) is 10.6. The number of hydrogen-bond donors (Lipinski definition) is 1. The Labute approximate surface area is 179 Å². The van der Waals surface area contributed by atoms with Crippen LogP contribution in [0.1, 0.15) is 28.4 Å². The van der Waals surface area contributed by atoms with Crippen molar-refractivity contribution in [2.45, 2.75) is 13.8 Å². The number of rotatable bonds is 5. The Balaban J connectivity index is 1.81. The fourth-order valence-electron chi connectivity index (χ4n) is 3.33. The van der Waals surface area contributed by atoms with Crippen LogP contribution in [0.15, 0.2) is 71.0 Å². The molecule has 0 saturated carbocycles. The number of aromatic hydroxyl groups is 1. The third kappa shape index (κ3) is 3.84. The van der Waals surface area contributed by atoms with E-state index in [0.29, 0.717) is 16.1 Å². The highest BCUT2D eigenvalue weighted by molar-refractivity contribution is 7.14. The molecule has 0 unspecified atom stereocenters. The van der Waals surface area contributed by atoms with Gasteiger partial charge in [0.2, 0.25) is 0 Å². The first kappa shape index (κ1) is 19.9. The summed E-state index contributed by atoms with van der Waals surface area (Å²) in [4.78, 5) is 17.3. The fourth-order valence-corrected chi connectivity index (χ4v) is 4.24. The summed E-state index contributed by atoms with van der Waals surface area (Å²) >= 11 is 1.38. The van der Waals surface area contributed by atoms with Gasteiger partial charge in [-0.15, -0.1) is 11.3 Å². The Hall–Kier alpha value is -3.44. The zero-order valence-electron chi connectivity index (χ0n) is 16.8. The lowest BCUT2D eigenvalue weighted by Gasteiger charge is -2.07. The minimum absolute atomic E-state index is 0.144. The summed E-state index contributed by atoms with van der Waals surface area (Å²) in [6.45, 7) is 4.10. The highest BCUT2D eigenvalue weighted by Gasteiger charge is 2.21. The van der Waals surface area contributed by atoms with Crippen LogP contribution in [0.5, 0.6) is 5.75 Å². The quantitative estimate of drug-likeness (QED) is 0.299. The lowest BCUT2D eigenvalue weighted by Crippen LogP contribution is -2.05. The number of phenols is 1. The van der Waals surface area contributed by atoms with Gasteiger partial charge in [-0.2, -0.15) is 0 Å². The molecule has 0 bridgehead atoms. The van der Waals surface area contributed by atoms with Gasteiger partial charge in [0.15, 0.2) is 0 Å². The number of esters is 1. The van der Waals surface area contributed by atoms with Crippen molar-refractivity contribution in [1.29, 1.82) is 0 Å². The zero-order chi connectivity index (χ0) is 21.1. The number of aryl methyl sites for hydroxylation is 1. The molecule has 0 fully saturated rings. The molecule has 1 heterocycles. The van der Waals surface area contributed by atoms with Crippen molar-refractivity contribution >= 4 is 39.3 Å². The minimum atomic E-state index is -0.399. The second kappa shape index (κ2) is 8.51. The van der Waals surface area contributed by atoms with E-state index in [1.54, 1.807) is 19.2 Å². The third-order valence-corrected chi connectivity index (χ3v) is 5.76. The molecule has 150 valence electrons. The highest BCUT2D eigenvalue weighted by Crippen LogP contribution is 2.38. The van der Waals surface area contributed by atoms with E-state index in [9.17, 15) is 9.90 Å². The lowest BCUT2D eigenvalue weighted by molar-refractivity contribution is 0.0529. The predicted octanol–water partition coefficient (Wildman–Crippen LogP) is 6.51. The van der Waals surface area contributed by atoms with Crippen LogP contribution in [-0.4, -0.2) is 23.9 Å². The molecule has 4 nitrogen and oxygen atoms in total. The number of nitrogens with zero attached hydrogens (tertiary/aromatic N) is 1. The van der Waals surface area contributed by atoms with Crippen LogP contribution < -0.4 is 0 Å². The van der Waals surface area contributed by atoms with Gasteiger partial charge in [-0.05, 0) is 36.2 Å². The molecule has 1 N–H and O–H groups in total. The topological polar surface area (TPSA) is 58.9 Å². The summed E-state index contributed by atoms with van der Waals surface area (Å²) in [5.74, 6) is -0.255. The van der Waals surface area contributed by atoms with E-state index in [-0.39, 0.29) is 12.4 Å². The van der Waals surface area contributed by atoms with Crippen molar-refractivity contribution in [3.05, 3.63) is 82.7 Å². The smallest absolute Gasteiger partial charge is 0.341 e. The maximum Gasteiger partial charge on any atom is 0.341 e. The van der Waals surface area contributed by atoms with Gasteiger partial charge < -0.3 is 9.84 Å². The van der Waals surface area contributed by atoms with Gasteiger partial charge in [-0.1, -0.05) is 60.2 Å². The summed E-state index contributed by atoms with van der Waals surface area (Å²) in [7, 11) is 0. The van der Waals surface area contributed by atoms with Crippen LogP contribution in [0.25, 0.3) is 21.9 Å². The molecule has 3 aromatic carbocycles. The van der Waals surface area contributed by atoms with Crippen LogP contribution >= 0.6 is 11.3 Å². The largest absolute Gasteiger partial charge is 0.507 e. The number of benzene rings is 3. The van der Waals surface area contributed by atoms with E-state index in [1.165, 1.54) is 11.3 Å². The maximum atomic E-state index is 12.7. The molecule has 0 atom stereocenters. The van der Waals surface area contributed by atoms with Gasteiger partial charge in [0.25, 0.3) is 0 Å². The molecule has 0 aliphatic rings. The molecule has 4 rings (SSSR count). The molecule has 1 aromatic heterocycles. The normalized spacial score (nSPS) is 11.3. The minimum Gasteiger partial charge on any atom is -0.507 e. The number of hydrogen-bond acceptors (Lipinski definition) is 5. The molecular weight excluding hydrogens is 394 g/mol. The van der Waals surface area contributed by atoms with E-state index in [2.05, 4.69) is 4.99 Å². The van der Waals surface area contributed by atoms with Crippen molar-refractivity contribution < 1.29 is 14.6 Å². The third-order valence-electron chi connectivity index (χ3n) is 4.87. The van der Waals surface area contributed by atoms with Crippen molar-refractivity contribution in [2.24, 2.45) is 4.99 Å². The van der Waals surface area contributed by atoms with Crippen LogP contribution in [0, 0.1) is 6.92 Å². The molecule has 4 aromatic rings. The summed E-state index contributed by atoms with van der Waals surface area (Å²) < 4.78 is 5.30. The monoisotopic (exact) mass is 415 g/mol. The number of fused-ring (bicyclic) bond motifs is 1. The van der Waals surface area contributed by atoms with Crippen molar-refractivity contribution in [1.82, 2.24) is 0 Å². The number of aliphatic imine (C=N–C) groups is 1. The molecule has 0 aliphatic carbocycles. The van der Waals surface area contributed by atoms with Crippen LogP contribution in [-0.2, 0) is 4.74 Å². The summed E-state index contributed by atoms with van der Waals surface area (Å²) in [5.41, 5.74) is 3.95. The summed E-state index contributed by atoms with van der Waals surface area (Å²) in [5, 5.41) is 14.8. The number of phenolic OH excluding ortho intramolecular Hbond substituents is 1. The molecular formula is C25H21NO3S. The average molecular weight is 416 g/mol. The first-order chi connectivity index (χ1) is 14.6. The molecule has 0 saturated heterocycles. The van der Waals surface area contributed by atoms with Crippen LogP contribution in [0.4, 0.5) is 5.00 Å². The molecule has 0 amide bonds. The maximum absolute atomic E-state index is 12.7. The second-order valence-corrected chi connectivity index (χ2v) is 7.75. The summed E-state index contributed by atoms with van der Waals surface area (Å²) in [6.07, 6.45) is 1.62. The molecule has 30 heavy (non-hydrogen) atoms. The van der Waals surface area contributed by atoms with Crippen LogP contribution in [0.3, 0.4) is 0 Å². The van der Waals surface area contributed by atoms with E-state index in [1.807, 2.05) is 66.9 Å². The number of carbonyl (C=O) groups excluding carboxylic acids is 1. The number of carbonyl (C=O) groups is 1. The molecule has 0 aliphatic heterocycles. The SMILES string of the molecule is CCOC(=O)c1c(-c2ccc(C)cc2)csc1/N=C/c1c(O)ccc2ccccc12. The Morgan fingerprint density at radius 1 is 1.10 bits per heavy atom. The second-order valence-electron chi connectivity index (χ2n) is 6.89. The van der Waals surface area contributed by atoms with Gasteiger partial charge in [-0.25, -0.2) is 9.79 Å².